The van der Waals surface area contributed by atoms with Gasteiger partial charge in [-0.3, -0.25) is 19.6 Å². The number of rotatable bonds is 26. The van der Waals surface area contributed by atoms with Crippen molar-refractivity contribution in [2.24, 2.45) is 5.41 Å². The Kier molecular flexibility index (Phi) is 16.7. The van der Waals surface area contributed by atoms with Gasteiger partial charge in [-0.2, -0.15) is 0 Å². The molecule has 0 saturated carbocycles. The second kappa shape index (κ2) is 19.4. The van der Waals surface area contributed by atoms with Crippen molar-refractivity contribution < 1.29 is 30.3 Å². The Labute approximate surface area is 280 Å². The normalized spacial score (nSPS) is 31.4. The molecule has 0 amide bonds. The molecule has 0 bridgehead atoms. The summed E-state index contributed by atoms with van der Waals surface area (Å²) in [6.07, 6.45) is 19.8. The molecule has 0 aromatic carbocycles. The molecule has 4 rings (SSSR count). The standard InChI is InChI=1S/C31H58N4O2.C5H12O4/c1-5-9-13-17-25-21-32(25)29(33-22-26(33)18-14-10-6-2)31(30(36)37,34-23-27(34)19-15-11-7-3)35-24-28(35)20-16-12-8-4;6-1-5(2-7,3-8)4-9/h25-29H,5-24H2,1-4H3,(H,36,37);6-9H,1-4H2. The molecule has 0 spiro atoms. The molecule has 4 saturated heterocycles. The van der Waals surface area contributed by atoms with Crippen LogP contribution in [-0.2, 0) is 4.79 Å². The maximum atomic E-state index is 13.6. The van der Waals surface area contributed by atoms with Crippen LogP contribution < -0.4 is 0 Å². The monoisotopic (exact) mass is 655 g/mol. The summed E-state index contributed by atoms with van der Waals surface area (Å²) in [5.41, 5.74) is -1.98. The number of aliphatic carboxylic acids is 1. The summed E-state index contributed by atoms with van der Waals surface area (Å²) in [5, 5.41) is 45.2. The average molecular weight is 655 g/mol. The number of unbranched alkanes of at least 4 members (excludes halogenated alkanes) is 8. The van der Waals surface area contributed by atoms with Crippen molar-refractivity contribution in [2.75, 3.05) is 52.6 Å². The molecular formula is C36H70N4O6. The number of carboxylic acids is 1. The van der Waals surface area contributed by atoms with Gasteiger partial charge < -0.3 is 25.5 Å². The Balaban J connectivity index is 0.000000559. The van der Waals surface area contributed by atoms with Crippen LogP contribution >= 0.6 is 0 Å². The molecule has 0 radical (unpaired) electrons. The number of nitrogens with zero attached hydrogens (tertiary/aromatic N) is 4. The van der Waals surface area contributed by atoms with Gasteiger partial charge >= 0.3 is 5.97 Å². The second-order valence-electron chi connectivity index (χ2n) is 14.8. The van der Waals surface area contributed by atoms with Crippen molar-refractivity contribution in [1.82, 2.24) is 19.6 Å². The first-order valence-corrected chi connectivity index (χ1v) is 19.0. The molecule has 270 valence electrons. The highest BCUT2D eigenvalue weighted by Crippen LogP contribution is 2.51. The Hall–Kier alpha value is -0.850. The van der Waals surface area contributed by atoms with Gasteiger partial charge in [-0.05, 0) is 25.7 Å². The number of carboxylic acid groups (broad SMARTS) is 1. The summed E-state index contributed by atoms with van der Waals surface area (Å²) < 4.78 is 0. The van der Waals surface area contributed by atoms with E-state index in [9.17, 15) is 9.90 Å². The number of carbonyl (C=O) groups is 1. The van der Waals surface area contributed by atoms with Gasteiger partial charge in [-0.15, -0.1) is 0 Å². The Morgan fingerprint density at radius 2 is 0.891 bits per heavy atom. The Morgan fingerprint density at radius 1 is 0.565 bits per heavy atom. The molecule has 5 N–H and O–H groups in total. The van der Waals surface area contributed by atoms with Gasteiger partial charge in [0.2, 0.25) is 5.66 Å². The van der Waals surface area contributed by atoms with Gasteiger partial charge in [0.15, 0.2) is 0 Å². The lowest BCUT2D eigenvalue weighted by atomic mass is 9.93. The van der Waals surface area contributed by atoms with Gasteiger partial charge in [0.25, 0.3) is 0 Å². The van der Waals surface area contributed by atoms with Crippen LogP contribution in [0.2, 0.25) is 0 Å². The molecule has 10 heteroatoms. The quantitative estimate of drug-likeness (QED) is 0.0687. The predicted molar refractivity (Wildman–Crippen MR) is 183 cm³/mol. The zero-order chi connectivity index (χ0) is 33.7. The number of aliphatic hydroxyl groups is 4. The topological polar surface area (TPSA) is 130 Å². The van der Waals surface area contributed by atoms with Crippen LogP contribution in [0.4, 0.5) is 0 Å². The minimum Gasteiger partial charge on any atom is -0.479 e. The van der Waals surface area contributed by atoms with Gasteiger partial charge in [0.05, 0.1) is 31.8 Å². The fraction of sp³-hybridized carbons (Fsp3) is 0.972. The van der Waals surface area contributed by atoms with Crippen LogP contribution in [0.3, 0.4) is 0 Å². The third kappa shape index (κ3) is 10.1. The first kappa shape index (κ1) is 39.6. The van der Waals surface area contributed by atoms with Crippen molar-refractivity contribution >= 4 is 5.97 Å². The average Bonchev–Trinajstić information content (AvgIpc) is 3.86. The first-order chi connectivity index (χ1) is 22.3. The molecule has 8 atom stereocenters. The van der Waals surface area contributed by atoms with Crippen LogP contribution in [0.1, 0.15) is 130 Å². The fourth-order valence-electron chi connectivity index (χ4n) is 7.49. The molecule has 46 heavy (non-hydrogen) atoms. The first-order valence-electron chi connectivity index (χ1n) is 19.0. The van der Waals surface area contributed by atoms with Crippen molar-refractivity contribution in [2.45, 2.75) is 166 Å². The summed E-state index contributed by atoms with van der Waals surface area (Å²) in [6.45, 7) is 11.6. The Bertz CT molecular complexity index is 810. The van der Waals surface area contributed by atoms with Crippen molar-refractivity contribution in [3.05, 3.63) is 0 Å². The lowest BCUT2D eigenvalue weighted by Gasteiger charge is -2.43. The molecule has 0 aromatic heterocycles. The SMILES string of the molecule is CCCCCC1CN1C(N1CC1CCCCC)C(C(=O)O)(N1CC1CCCCC)N1CC1CCCCC.OCC(CO)(CO)CO. The molecular weight excluding hydrogens is 584 g/mol. The molecule has 4 aliphatic heterocycles. The molecule has 8 unspecified atom stereocenters. The second-order valence-corrected chi connectivity index (χ2v) is 14.8. The minimum absolute atomic E-state index is 0.00982. The smallest absolute Gasteiger partial charge is 0.342 e. The van der Waals surface area contributed by atoms with Gasteiger partial charge in [0.1, 0.15) is 6.17 Å². The van der Waals surface area contributed by atoms with E-state index in [0.717, 1.165) is 39.0 Å². The maximum Gasteiger partial charge on any atom is 0.342 e. The van der Waals surface area contributed by atoms with E-state index in [0.29, 0.717) is 24.2 Å². The van der Waals surface area contributed by atoms with Gasteiger partial charge in [0, 0.05) is 50.3 Å². The van der Waals surface area contributed by atoms with E-state index < -0.39 is 43.5 Å². The summed E-state index contributed by atoms with van der Waals surface area (Å²) >= 11 is 0. The van der Waals surface area contributed by atoms with Crippen LogP contribution in [-0.4, -0.2) is 140 Å². The summed E-state index contributed by atoms with van der Waals surface area (Å²) in [7, 11) is 0. The fourth-order valence-corrected chi connectivity index (χ4v) is 7.49. The molecule has 4 fully saturated rings. The lowest BCUT2D eigenvalue weighted by Crippen LogP contribution is -2.67. The molecule has 10 nitrogen and oxygen atoms in total. The largest absolute Gasteiger partial charge is 0.479 e. The number of aliphatic hydroxyl groups excluding tert-OH is 4. The third-order valence-corrected chi connectivity index (χ3v) is 11.0. The van der Waals surface area contributed by atoms with Crippen LogP contribution in [0.25, 0.3) is 0 Å². The van der Waals surface area contributed by atoms with Crippen LogP contribution in [0.5, 0.6) is 0 Å². The summed E-state index contributed by atoms with van der Waals surface area (Å²) in [6, 6.07) is 2.03. The highest BCUT2D eigenvalue weighted by Gasteiger charge is 2.72. The van der Waals surface area contributed by atoms with Gasteiger partial charge in [-0.1, -0.05) is 105 Å². The van der Waals surface area contributed by atoms with E-state index >= 15 is 0 Å². The zero-order valence-corrected chi connectivity index (χ0v) is 29.8. The van der Waals surface area contributed by atoms with Crippen LogP contribution in [0, 0.1) is 5.41 Å². The van der Waals surface area contributed by atoms with Crippen LogP contribution in [0.15, 0.2) is 0 Å². The maximum absolute atomic E-state index is 13.6. The van der Waals surface area contributed by atoms with Gasteiger partial charge in [-0.25, -0.2) is 4.79 Å². The highest BCUT2D eigenvalue weighted by molar-refractivity contribution is 5.81. The predicted octanol–water partition coefficient (Wildman–Crippen LogP) is 4.09. The van der Waals surface area contributed by atoms with E-state index in [2.05, 4.69) is 47.3 Å². The molecule has 0 aromatic rings. The van der Waals surface area contributed by atoms with Crippen molar-refractivity contribution in [3.63, 3.8) is 0 Å². The van der Waals surface area contributed by atoms with E-state index in [4.69, 9.17) is 20.4 Å². The zero-order valence-electron chi connectivity index (χ0n) is 29.8. The highest BCUT2D eigenvalue weighted by atomic mass is 16.4. The molecule has 4 heterocycles. The van der Waals surface area contributed by atoms with E-state index in [-0.39, 0.29) is 6.17 Å². The van der Waals surface area contributed by atoms with E-state index in [1.165, 1.54) is 89.9 Å². The summed E-state index contributed by atoms with van der Waals surface area (Å²) in [5.74, 6) is -0.577. The summed E-state index contributed by atoms with van der Waals surface area (Å²) in [4.78, 5) is 23.8. The van der Waals surface area contributed by atoms with Crippen molar-refractivity contribution in [1.29, 1.82) is 0 Å². The lowest BCUT2D eigenvalue weighted by molar-refractivity contribution is -0.165. The number of hydrogen-bond acceptors (Lipinski definition) is 9. The van der Waals surface area contributed by atoms with E-state index in [1.807, 2.05) is 0 Å². The third-order valence-electron chi connectivity index (χ3n) is 11.0. The Morgan fingerprint density at radius 3 is 1.15 bits per heavy atom. The number of hydrogen-bond donors (Lipinski definition) is 5. The van der Waals surface area contributed by atoms with E-state index in [1.54, 1.807) is 0 Å². The minimum atomic E-state index is -1.11. The van der Waals surface area contributed by atoms with Crippen molar-refractivity contribution in [3.8, 4) is 0 Å². The molecule has 4 aliphatic rings. The molecule has 0 aliphatic carbocycles.